The predicted octanol–water partition coefficient (Wildman–Crippen LogP) is 2.32. The molecule has 2 aromatic carbocycles. The number of nitrogens with one attached hydrogen (secondary N) is 1. The van der Waals surface area contributed by atoms with E-state index >= 15 is 0 Å². The molecule has 5 nitrogen and oxygen atoms in total. The van der Waals surface area contributed by atoms with Gasteiger partial charge in [0.05, 0.1) is 12.0 Å². The second-order valence-corrected chi connectivity index (χ2v) is 6.34. The summed E-state index contributed by atoms with van der Waals surface area (Å²) in [5.74, 6) is -1.73. The van der Waals surface area contributed by atoms with Gasteiger partial charge in [0, 0.05) is 6.42 Å². The molecule has 0 fully saturated rings. The summed E-state index contributed by atoms with van der Waals surface area (Å²) >= 11 is 0. The summed E-state index contributed by atoms with van der Waals surface area (Å²) < 4.78 is 0. The van der Waals surface area contributed by atoms with Crippen LogP contribution in [0.5, 0.6) is 0 Å². The fourth-order valence-electron chi connectivity index (χ4n) is 3.43. The lowest BCUT2D eigenvalue weighted by Crippen LogP contribution is -2.49. The second kappa shape index (κ2) is 6.78. The maximum Gasteiger partial charge on any atom is 0.240 e. The van der Waals surface area contributed by atoms with Crippen LogP contribution >= 0.6 is 0 Å². The molecule has 1 aliphatic carbocycles. The Balaban J connectivity index is 1.95. The number of hydrogen-bond acceptors (Lipinski definition) is 3. The van der Waals surface area contributed by atoms with E-state index in [1.807, 2.05) is 54.6 Å². The van der Waals surface area contributed by atoms with Crippen molar-refractivity contribution in [3.8, 4) is 17.2 Å². The molecule has 0 aliphatic heterocycles. The molecule has 25 heavy (non-hydrogen) atoms. The van der Waals surface area contributed by atoms with Gasteiger partial charge in [-0.1, -0.05) is 55.5 Å². The zero-order chi connectivity index (χ0) is 18.0. The summed E-state index contributed by atoms with van der Waals surface area (Å²) in [6.07, 6.45) is 0.145. The van der Waals surface area contributed by atoms with E-state index in [1.54, 1.807) is 6.92 Å². The molecular weight excluding hydrogens is 314 g/mol. The van der Waals surface area contributed by atoms with Crippen molar-refractivity contribution in [3.63, 3.8) is 0 Å². The number of fused-ring (bicyclic) bond motifs is 3. The number of amides is 2. The highest BCUT2D eigenvalue weighted by Gasteiger charge is 2.35. The van der Waals surface area contributed by atoms with E-state index in [2.05, 4.69) is 5.32 Å². The minimum Gasteiger partial charge on any atom is -0.368 e. The standard InChI is InChI=1S/C20H19N3O2/c1-12(10-11-21)18(19(22)24)23-20(25)17-15-8-4-2-6-13(15)14-7-3-5-9-16(14)17/h2-9,12,17-18H,10H2,1H3,(H2,22,24)(H,23,25)/t12-,18-/m0/s1. The fourth-order valence-corrected chi connectivity index (χ4v) is 3.43. The molecule has 0 aromatic heterocycles. The molecule has 0 unspecified atom stereocenters. The molecule has 1 aliphatic rings. The number of carbonyl (C=O) groups is 2. The molecular formula is C20H19N3O2. The number of primary amides is 1. The number of nitrogens with two attached hydrogens (primary N) is 1. The van der Waals surface area contributed by atoms with Crippen LogP contribution in [0.4, 0.5) is 0 Å². The molecule has 5 heteroatoms. The molecule has 0 spiro atoms. The highest BCUT2D eigenvalue weighted by molar-refractivity contribution is 5.98. The summed E-state index contributed by atoms with van der Waals surface area (Å²) in [5.41, 5.74) is 9.32. The van der Waals surface area contributed by atoms with E-state index in [9.17, 15) is 9.59 Å². The first-order chi connectivity index (χ1) is 12.0. The van der Waals surface area contributed by atoms with Crippen LogP contribution in [-0.4, -0.2) is 17.9 Å². The van der Waals surface area contributed by atoms with Gasteiger partial charge in [-0.3, -0.25) is 9.59 Å². The van der Waals surface area contributed by atoms with Crippen LogP contribution in [0.2, 0.25) is 0 Å². The average molecular weight is 333 g/mol. The first kappa shape index (κ1) is 16.7. The minimum absolute atomic E-state index is 0.145. The largest absolute Gasteiger partial charge is 0.368 e. The smallest absolute Gasteiger partial charge is 0.240 e. The summed E-state index contributed by atoms with van der Waals surface area (Å²) in [6, 6.07) is 16.7. The third-order valence-electron chi connectivity index (χ3n) is 4.68. The summed E-state index contributed by atoms with van der Waals surface area (Å²) in [4.78, 5) is 24.7. The van der Waals surface area contributed by atoms with E-state index in [-0.39, 0.29) is 18.2 Å². The lowest BCUT2D eigenvalue weighted by atomic mass is 9.93. The lowest BCUT2D eigenvalue weighted by Gasteiger charge is -2.23. The first-order valence-corrected chi connectivity index (χ1v) is 8.19. The third kappa shape index (κ3) is 2.99. The SMILES string of the molecule is C[C@@H](CC#N)[C@H](NC(=O)C1c2ccccc2-c2ccccc21)C(N)=O. The zero-order valence-electron chi connectivity index (χ0n) is 13.9. The quantitative estimate of drug-likeness (QED) is 0.879. The Bertz CT molecular complexity index is 824. The van der Waals surface area contributed by atoms with Crippen molar-refractivity contribution in [1.82, 2.24) is 5.32 Å². The Morgan fingerprint density at radius 2 is 1.64 bits per heavy atom. The Morgan fingerprint density at radius 1 is 1.12 bits per heavy atom. The van der Waals surface area contributed by atoms with Crippen LogP contribution in [0.3, 0.4) is 0 Å². The number of rotatable bonds is 5. The molecule has 0 saturated heterocycles. The molecule has 0 saturated carbocycles. The molecule has 3 rings (SSSR count). The first-order valence-electron chi connectivity index (χ1n) is 8.19. The summed E-state index contributed by atoms with van der Waals surface area (Å²) in [6.45, 7) is 1.73. The van der Waals surface area contributed by atoms with Crippen molar-refractivity contribution in [3.05, 3.63) is 59.7 Å². The van der Waals surface area contributed by atoms with Gasteiger partial charge >= 0.3 is 0 Å². The van der Waals surface area contributed by atoms with Gasteiger partial charge in [0.1, 0.15) is 6.04 Å². The zero-order valence-corrected chi connectivity index (χ0v) is 13.9. The normalized spacial score (nSPS) is 14.7. The van der Waals surface area contributed by atoms with Crippen molar-refractivity contribution < 1.29 is 9.59 Å². The minimum atomic E-state index is -0.868. The highest BCUT2D eigenvalue weighted by atomic mass is 16.2. The van der Waals surface area contributed by atoms with E-state index in [0.717, 1.165) is 22.3 Å². The Morgan fingerprint density at radius 3 is 2.12 bits per heavy atom. The number of carbonyl (C=O) groups excluding carboxylic acids is 2. The van der Waals surface area contributed by atoms with Crippen molar-refractivity contribution in [1.29, 1.82) is 5.26 Å². The topological polar surface area (TPSA) is 96.0 Å². The number of nitriles is 1. The number of nitrogens with zero attached hydrogens (tertiary/aromatic N) is 1. The van der Waals surface area contributed by atoms with Gasteiger partial charge in [-0.25, -0.2) is 0 Å². The number of hydrogen-bond donors (Lipinski definition) is 2. The van der Waals surface area contributed by atoms with Crippen molar-refractivity contribution in [2.45, 2.75) is 25.3 Å². The molecule has 3 N–H and O–H groups in total. The van der Waals surface area contributed by atoms with E-state index < -0.39 is 17.9 Å². The predicted molar refractivity (Wildman–Crippen MR) is 94.2 cm³/mol. The maximum absolute atomic E-state index is 13.0. The van der Waals surface area contributed by atoms with Gasteiger partial charge < -0.3 is 11.1 Å². The van der Waals surface area contributed by atoms with E-state index in [1.165, 1.54) is 0 Å². The van der Waals surface area contributed by atoms with Gasteiger partial charge in [0.2, 0.25) is 11.8 Å². The third-order valence-corrected chi connectivity index (χ3v) is 4.68. The average Bonchev–Trinajstić information content (AvgIpc) is 2.94. The Labute approximate surface area is 146 Å². The summed E-state index contributed by atoms with van der Waals surface area (Å²) in [7, 11) is 0. The molecule has 2 amide bonds. The van der Waals surface area contributed by atoms with Crippen LogP contribution in [0.1, 0.15) is 30.4 Å². The van der Waals surface area contributed by atoms with Crippen molar-refractivity contribution in [2.75, 3.05) is 0 Å². The molecule has 0 radical (unpaired) electrons. The molecule has 0 bridgehead atoms. The van der Waals surface area contributed by atoms with Crippen molar-refractivity contribution in [2.24, 2.45) is 11.7 Å². The van der Waals surface area contributed by atoms with Gasteiger partial charge in [-0.2, -0.15) is 5.26 Å². The van der Waals surface area contributed by atoms with Gasteiger partial charge in [-0.15, -0.1) is 0 Å². The molecule has 2 aromatic rings. The van der Waals surface area contributed by atoms with Crippen molar-refractivity contribution >= 4 is 11.8 Å². The van der Waals surface area contributed by atoms with Crippen LogP contribution in [0.25, 0.3) is 11.1 Å². The molecule has 2 atom stereocenters. The highest BCUT2D eigenvalue weighted by Crippen LogP contribution is 2.44. The van der Waals surface area contributed by atoms with Gasteiger partial charge in [0.25, 0.3) is 0 Å². The monoisotopic (exact) mass is 333 g/mol. The summed E-state index contributed by atoms with van der Waals surface area (Å²) in [5, 5.41) is 11.6. The number of benzene rings is 2. The van der Waals surface area contributed by atoms with E-state index in [4.69, 9.17) is 11.0 Å². The Hall–Kier alpha value is -3.13. The molecule has 0 heterocycles. The second-order valence-electron chi connectivity index (χ2n) is 6.34. The van der Waals surface area contributed by atoms with Gasteiger partial charge in [-0.05, 0) is 28.2 Å². The maximum atomic E-state index is 13.0. The van der Waals surface area contributed by atoms with Crippen LogP contribution in [0.15, 0.2) is 48.5 Å². The van der Waals surface area contributed by atoms with Crippen LogP contribution in [0, 0.1) is 17.2 Å². The van der Waals surface area contributed by atoms with E-state index in [0.29, 0.717) is 0 Å². The van der Waals surface area contributed by atoms with Crippen LogP contribution in [-0.2, 0) is 9.59 Å². The van der Waals surface area contributed by atoms with Gasteiger partial charge in [0.15, 0.2) is 0 Å². The molecule has 126 valence electrons. The fraction of sp³-hybridized carbons (Fsp3) is 0.250. The lowest BCUT2D eigenvalue weighted by molar-refractivity contribution is -0.128. The van der Waals surface area contributed by atoms with Crippen LogP contribution < -0.4 is 11.1 Å². The Kier molecular flexibility index (Phi) is 4.53.